The van der Waals surface area contributed by atoms with Crippen LogP contribution in [0.25, 0.3) is 0 Å². The highest BCUT2D eigenvalue weighted by atomic mass is 16.5. The van der Waals surface area contributed by atoms with Crippen LogP contribution in [0.15, 0.2) is 0 Å². The van der Waals surface area contributed by atoms with Gasteiger partial charge in [0.05, 0.1) is 20.1 Å². The summed E-state index contributed by atoms with van der Waals surface area (Å²) in [5.74, 6) is -0.0575. The number of carbonyl (C=O) groups excluding carboxylic acids is 2. The Kier molecular flexibility index (Phi) is 6.46. The number of rotatable bonds is 6. The van der Waals surface area contributed by atoms with E-state index in [2.05, 4.69) is 19.2 Å². The van der Waals surface area contributed by atoms with Crippen molar-refractivity contribution in [3.63, 3.8) is 0 Å². The largest absolute Gasteiger partial charge is 0.468 e. The first-order valence-electron chi connectivity index (χ1n) is 7.45. The van der Waals surface area contributed by atoms with Crippen molar-refractivity contribution < 1.29 is 19.1 Å². The molecule has 0 radical (unpaired) electrons. The van der Waals surface area contributed by atoms with Gasteiger partial charge in [-0.2, -0.15) is 0 Å². The topological polar surface area (TPSA) is 64.6 Å². The minimum Gasteiger partial charge on any atom is -0.468 e. The molecule has 0 unspecified atom stereocenters. The maximum Gasteiger partial charge on any atom is 0.326 e. The van der Waals surface area contributed by atoms with Crippen LogP contribution in [0.1, 0.15) is 52.9 Å². The van der Waals surface area contributed by atoms with Gasteiger partial charge in [0.25, 0.3) is 0 Å². The van der Waals surface area contributed by atoms with Gasteiger partial charge in [0.15, 0.2) is 0 Å². The van der Waals surface area contributed by atoms with Crippen molar-refractivity contribution in [1.82, 2.24) is 5.32 Å². The number of hydrogen-bond donors (Lipinski definition) is 1. The molecule has 1 heterocycles. The molecule has 1 fully saturated rings. The van der Waals surface area contributed by atoms with Crippen molar-refractivity contribution in [2.75, 3.05) is 13.7 Å². The SMILES string of the molecule is CCOC(=O)C[C@@H]1CCC[C@@](CC(C)C)(C(=O)OC)N1. The number of methoxy groups -OCH3 is 1. The van der Waals surface area contributed by atoms with E-state index in [1.165, 1.54) is 7.11 Å². The van der Waals surface area contributed by atoms with E-state index in [1.807, 2.05) is 0 Å². The highest BCUT2D eigenvalue weighted by Crippen LogP contribution is 2.31. The predicted octanol–water partition coefficient (Wildman–Crippen LogP) is 2.04. The molecule has 0 aromatic heterocycles. The van der Waals surface area contributed by atoms with Crippen molar-refractivity contribution in [2.45, 2.75) is 64.5 Å². The number of nitrogens with one attached hydrogen (secondary N) is 1. The Morgan fingerprint density at radius 3 is 2.65 bits per heavy atom. The Hall–Kier alpha value is -1.10. The zero-order valence-electron chi connectivity index (χ0n) is 13.0. The van der Waals surface area contributed by atoms with Gasteiger partial charge in [-0.15, -0.1) is 0 Å². The summed E-state index contributed by atoms with van der Waals surface area (Å²) in [6, 6.07) is -0.0133. The summed E-state index contributed by atoms with van der Waals surface area (Å²) in [6.07, 6.45) is 3.59. The Bertz CT molecular complexity index is 343. The van der Waals surface area contributed by atoms with Crippen molar-refractivity contribution in [3.8, 4) is 0 Å². The van der Waals surface area contributed by atoms with Crippen LogP contribution in [-0.2, 0) is 19.1 Å². The molecule has 5 nitrogen and oxygen atoms in total. The fraction of sp³-hybridized carbons (Fsp3) is 0.867. The molecule has 1 aliphatic heterocycles. The molecule has 0 spiro atoms. The molecule has 1 aliphatic rings. The van der Waals surface area contributed by atoms with E-state index < -0.39 is 5.54 Å². The van der Waals surface area contributed by atoms with E-state index in [-0.39, 0.29) is 18.0 Å². The lowest BCUT2D eigenvalue weighted by molar-refractivity contribution is -0.153. The minimum atomic E-state index is -0.654. The zero-order valence-corrected chi connectivity index (χ0v) is 13.0. The quantitative estimate of drug-likeness (QED) is 0.757. The highest BCUT2D eigenvalue weighted by Gasteiger charge is 2.44. The molecule has 0 bridgehead atoms. The molecule has 5 heteroatoms. The first-order valence-corrected chi connectivity index (χ1v) is 7.45. The summed E-state index contributed by atoms with van der Waals surface area (Å²) in [5.41, 5.74) is -0.654. The maximum atomic E-state index is 12.2. The molecule has 20 heavy (non-hydrogen) atoms. The highest BCUT2D eigenvalue weighted by molar-refractivity contribution is 5.81. The van der Waals surface area contributed by atoms with E-state index in [0.29, 0.717) is 18.9 Å². The van der Waals surface area contributed by atoms with E-state index in [0.717, 1.165) is 25.7 Å². The second-order valence-electron chi connectivity index (χ2n) is 5.91. The van der Waals surface area contributed by atoms with Gasteiger partial charge in [-0.3, -0.25) is 14.9 Å². The van der Waals surface area contributed by atoms with Crippen LogP contribution in [0.3, 0.4) is 0 Å². The van der Waals surface area contributed by atoms with E-state index in [4.69, 9.17) is 9.47 Å². The van der Waals surface area contributed by atoms with Crippen LogP contribution >= 0.6 is 0 Å². The second-order valence-corrected chi connectivity index (χ2v) is 5.91. The fourth-order valence-electron chi connectivity index (χ4n) is 3.06. The first-order chi connectivity index (χ1) is 9.43. The van der Waals surface area contributed by atoms with Gasteiger partial charge in [-0.1, -0.05) is 13.8 Å². The molecule has 0 aromatic carbocycles. The Morgan fingerprint density at radius 1 is 1.40 bits per heavy atom. The van der Waals surface area contributed by atoms with E-state index in [9.17, 15) is 9.59 Å². The van der Waals surface area contributed by atoms with Crippen LogP contribution in [0.4, 0.5) is 0 Å². The second kappa shape index (κ2) is 7.62. The zero-order chi connectivity index (χ0) is 15.2. The van der Waals surface area contributed by atoms with Gasteiger partial charge in [0.2, 0.25) is 0 Å². The third-order valence-corrected chi connectivity index (χ3v) is 3.69. The number of hydrogen-bond acceptors (Lipinski definition) is 5. The third-order valence-electron chi connectivity index (χ3n) is 3.69. The van der Waals surface area contributed by atoms with E-state index in [1.54, 1.807) is 6.92 Å². The van der Waals surface area contributed by atoms with Crippen molar-refractivity contribution in [2.24, 2.45) is 5.92 Å². The van der Waals surface area contributed by atoms with Crippen LogP contribution < -0.4 is 5.32 Å². The average molecular weight is 285 g/mol. The summed E-state index contributed by atoms with van der Waals surface area (Å²) >= 11 is 0. The van der Waals surface area contributed by atoms with Gasteiger partial charge >= 0.3 is 11.9 Å². The molecule has 116 valence electrons. The molecular weight excluding hydrogens is 258 g/mol. The van der Waals surface area contributed by atoms with Gasteiger partial charge in [-0.05, 0) is 38.5 Å². The number of esters is 2. The molecule has 0 aliphatic carbocycles. The third kappa shape index (κ3) is 4.47. The monoisotopic (exact) mass is 285 g/mol. The molecule has 1 saturated heterocycles. The Labute approximate surface area is 121 Å². The smallest absolute Gasteiger partial charge is 0.326 e. The average Bonchev–Trinajstić information content (AvgIpc) is 2.37. The summed E-state index contributed by atoms with van der Waals surface area (Å²) < 4.78 is 9.96. The summed E-state index contributed by atoms with van der Waals surface area (Å²) in [5, 5.41) is 3.36. The van der Waals surface area contributed by atoms with Gasteiger partial charge in [0.1, 0.15) is 5.54 Å². The Balaban J connectivity index is 2.75. The standard InChI is InChI=1S/C15H27NO4/c1-5-20-13(17)9-12-7-6-8-15(16-12,10-11(2)3)14(18)19-4/h11-12,16H,5-10H2,1-4H3/t12-,15+/m0/s1. The van der Waals surface area contributed by atoms with Crippen LogP contribution in [0.5, 0.6) is 0 Å². The Morgan fingerprint density at radius 2 is 2.10 bits per heavy atom. The summed E-state index contributed by atoms with van der Waals surface area (Å²) in [6.45, 7) is 6.35. The number of carbonyl (C=O) groups is 2. The lowest BCUT2D eigenvalue weighted by atomic mass is 9.79. The molecular formula is C15H27NO4. The lowest BCUT2D eigenvalue weighted by Crippen LogP contribution is -2.60. The molecule has 0 amide bonds. The van der Waals surface area contributed by atoms with Gasteiger partial charge in [-0.25, -0.2) is 0 Å². The molecule has 0 saturated carbocycles. The van der Waals surface area contributed by atoms with Crippen molar-refractivity contribution in [3.05, 3.63) is 0 Å². The fourth-order valence-corrected chi connectivity index (χ4v) is 3.06. The normalized spacial score (nSPS) is 26.4. The molecule has 0 aromatic rings. The lowest BCUT2D eigenvalue weighted by Gasteiger charge is -2.41. The minimum absolute atomic E-state index is 0.0133. The predicted molar refractivity (Wildman–Crippen MR) is 76.2 cm³/mol. The number of piperidine rings is 1. The first kappa shape index (κ1) is 17.0. The van der Waals surface area contributed by atoms with Gasteiger partial charge in [0, 0.05) is 6.04 Å². The van der Waals surface area contributed by atoms with E-state index >= 15 is 0 Å². The van der Waals surface area contributed by atoms with Crippen LogP contribution in [0, 0.1) is 5.92 Å². The van der Waals surface area contributed by atoms with Crippen LogP contribution in [-0.4, -0.2) is 37.2 Å². The summed E-state index contributed by atoms with van der Waals surface area (Å²) in [4.78, 5) is 23.8. The number of ether oxygens (including phenoxy) is 2. The van der Waals surface area contributed by atoms with Crippen molar-refractivity contribution in [1.29, 1.82) is 0 Å². The van der Waals surface area contributed by atoms with Crippen LogP contribution in [0.2, 0.25) is 0 Å². The molecule has 1 N–H and O–H groups in total. The van der Waals surface area contributed by atoms with Gasteiger partial charge < -0.3 is 9.47 Å². The summed E-state index contributed by atoms with van der Waals surface area (Å²) in [7, 11) is 1.42. The molecule has 2 atom stereocenters. The van der Waals surface area contributed by atoms with Crippen molar-refractivity contribution >= 4 is 11.9 Å². The molecule has 1 rings (SSSR count). The maximum absolute atomic E-state index is 12.2.